The molecule has 0 heterocycles. The summed E-state index contributed by atoms with van der Waals surface area (Å²) in [6.45, 7) is 3.46. The normalized spacial score (nSPS) is 13.2. The van der Waals surface area contributed by atoms with Crippen LogP contribution in [0.2, 0.25) is 0 Å². The van der Waals surface area contributed by atoms with E-state index in [0.29, 0.717) is 6.61 Å². The molecule has 0 saturated heterocycles. The number of aliphatic hydroxyl groups excluding tert-OH is 1. The summed E-state index contributed by atoms with van der Waals surface area (Å²) in [4.78, 5) is 0. The molecule has 3 nitrogen and oxygen atoms in total. The highest BCUT2D eigenvalue weighted by molar-refractivity contribution is 4.51. The van der Waals surface area contributed by atoms with E-state index in [9.17, 15) is 0 Å². The summed E-state index contributed by atoms with van der Waals surface area (Å²) in [5, 5.41) is 8.72. The number of ether oxygens (including phenoxy) is 2. The zero-order chi connectivity index (χ0) is 9.23. The van der Waals surface area contributed by atoms with Crippen molar-refractivity contribution in [3.05, 3.63) is 0 Å². The minimum Gasteiger partial charge on any atom is -0.394 e. The molecule has 1 atom stereocenters. The van der Waals surface area contributed by atoms with Gasteiger partial charge in [0.1, 0.15) is 6.10 Å². The first-order valence-corrected chi connectivity index (χ1v) is 4.56. The molecule has 0 spiro atoms. The Morgan fingerprint density at radius 1 is 1.33 bits per heavy atom. The van der Waals surface area contributed by atoms with Gasteiger partial charge in [-0.05, 0) is 6.42 Å². The molecule has 0 aromatic heterocycles. The lowest BCUT2D eigenvalue weighted by Crippen LogP contribution is -2.22. The summed E-state index contributed by atoms with van der Waals surface area (Å²) < 4.78 is 10.2. The second-order valence-electron chi connectivity index (χ2n) is 2.82. The van der Waals surface area contributed by atoms with Gasteiger partial charge < -0.3 is 14.6 Å². The third-order valence-electron chi connectivity index (χ3n) is 1.73. The predicted octanol–water partition coefficient (Wildman–Crippen LogP) is 1.20. The van der Waals surface area contributed by atoms with Crippen LogP contribution in [0.25, 0.3) is 0 Å². The summed E-state index contributed by atoms with van der Waals surface area (Å²) in [6, 6.07) is 0. The Balaban J connectivity index is 3.06. The maximum atomic E-state index is 8.72. The highest BCUT2D eigenvalue weighted by Crippen LogP contribution is 1.96. The van der Waals surface area contributed by atoms with E-state index in [1.807, 2.05) is 0 Å². The van der Waals surface area contributed by atoms with Crippen LogP contribution in [0, 0.1) is 0 Å². The number of unbranched alkanes of at least 4 members (excludes halogenated alkanes) is 2. The van der Waals surface area contributed by atoms with Gasteiger partial charge in [0.05, 0.1) is 13.2 Å². The van der Waals surface area contributed by atoms with Gasteiger partial charge in [0.25, 0.3) is 0 Å². The van der Waals surface area contributed by atoms with Crippen LogP contribution in [-0.2, 0) is 9.47 Å². The molecule has 0 amide bonds. The van der Waals surface area contributed by atoms with Gasteiger partial charge in [-0.1, -0.05) is 19.8 Å². The molecule has 0 aliphatic heterocycles. The van der Waals surface area contributed by atoms with Gasteiger partial charge in [0.15, 0.2) is 0 Å². The average Bonchev–Trinajstić information content (AvgIpc) is 2.11. The molecule has 0 aliphatic carbocycles. The van der Waals surface area contributed by atoms with Crippen LogP contribution in [0.4, 0.5) is 0 Å². The van der Waals surface area contributed by atoms with Crippen molar-refractivity contribution in [3.63, 3.8) is 0 Å². The fraction of sp³-hybridized carbons (Fsp3) is 1.00. The van der Waals surface area contributed by atoms with Crippen molar-refractivity contribution >= 4 is 0 Å². The first-order chi connectivity index (χ1) is 5.85. The molecule has 0 saturated carbocycles. The summed E-state index contributed by atoms with van der Waals surface area (Å²) in [7, 11) is 1.58. The maximum absolute atomic E-state index is 8.72. The van der Waals surface area contributed by atoms with Crippen LogP contribution in [0.3, 0.4) is 0 Å². The Kier molecular flexibility index (Phi) is 8.88. The summed E-state index contributed by atoms with van der Waals surface area (Å²) >= 11 is 0. The van der Waals surface area contributed by atoms with Gasteiger partial charge in [-0.15, -0.1) is 0 Å². The zero-order valence-electron chi connectivity index (χ0n) is 8.08. The standard InChI is InChI=1S/C9H20O3/c1-3-4-5-6-12-8-9(7-10)11-2/h9-10H,3-8H2,1-2H3/t9-/m0/s1. The van der Waals surface area contributed by atoms with E-state index >= 15 is 0 Å². The molecular formula is C9H20O3. The highest BCUT2D eigenvalue weighted by Gasteiger charge is 2.03. The topological polar surface area (TPSA) is 38.7 Å². The monoisotopic (exact) mass is 176 g/mol. The van der Waals surface area contributed by atoms with E-state index in [1.165, 1.54) is 12.8 Å². The molecule has 0 aromatic rings. The Morgan fingerprint density at radius 3 is 2.58 bits per heavy atom. The fourth-order valence-electron chi connectivity index (χ4n) is 0.864. The van der Waals surface area contributed by atoms with Crippen LogP contribution in [0.5, 0.6) is 0 Å². The third-order valence-corrected chi connectivity index (χ3v) is 1.73. The molecule has 1 N–H and O–H groups in total. The largest absolute Gasteiger partial charge is 0.394 e. The zero-order valence-corrected chi connectivity index (χ0v) is 8.08. The number of methoxy groups -OCH3 is 1. The Hall–Kier alpha value is -0.120. The van der Waals surface area contributed by atoms with Gasteiger partial charge >= 0.3 is 0 Å². The molecular weight excluding hydrogens is 156 g/mol. The third kappa shape index (κ3) is 6.58. The van der Waals surface area contributed by atoms with Crippen molar-refractivity contribution < 1.29 is 14.6 Å². The van der Waals surface area contributed by atoms with Crippen molar-refractivity contribution in [2.24, 2.45) is 0 Å². The summed E-state index contributed by atoms with van der Waals surface area (Å²) in [5.74, 6) is 0. The minimum atomic E-state index is -0.161. The van der Waals surface area contributed by atoms with Gasteiger partial charge in [-0.2, -0.15) is 0 Å². The van der Waals surface area contributed by atoms with Crippen LogP contribution in [0.1, 0.15) is 26.2 Å². The van der Waals surface area contributed by atoms with E-state index in [0.717, 1.165) is 13.0 Å². The van der Waals surface area contributed by atoms with E-state index in [4.69, 9.17) is 14.6 Å². The number of hydrogen-bond donors (Lipinski definition) is 1. The molecule has 0 aliphatic rings. The van der Waals surface area contributed by atoms with Crippen molar-refractivity contribution in [2.75, 3.05) is 26.9 Å². The van der Waals surface area contributed by atoms with Gasteiger partial charge in [0.2, 0.25) is 0 Å². The van der Waals surface area contributed by atoms with Crippen molar-refractivity contribution in [1.29, 1.82) is 0 Å². The fourth-order valence-corrected chi connectivity index (χ4v) is 0.864. The van der Waals surface area contributed by atoms with Crippen LogP contribution < -0.4 is 0 Å². The Labute approximate surface area is 74.7 Å². The van der Waals surface area contributed by atoms with Crippen LogP contribution in [0.15, 0.2) is 0 Å². The lowest BCUT2D eigenvalue weighted by molar-refractivity contribution is -0.0204. The lowest BCUT2D eigenvalue weighted by Gasteiger charge is -2.11. The van der Waals surface area contributed by atoms with E-state index < -0.39 is 0 Å². The second-order valence-corrected chi connectivity index (χ2v) is 2.82. The minimum absolute atomic E-state index is 0.0320. The number of hydrogen-bond acceptors (Lipinski definition) is 3. The van der Waals surface area contributed by atoms with Crippen molar-refractivity contribution in [2.45, 2.75) is 32.3 Å². The lowest BCUT2D eigenvalue weighted by atomic mass is 10.3. The molecule has 0 rings (SSSR count). The van der Waals surface area contributed by atoms with E-state index in [2.05, 4.69) is 6.92 Å². The SMILES string of the molecule is CCCCCOC[C@H](CO)OC. The van der Waals surface area contributed by atoms with Gasteiger partial charge in [-0.25, -0.2) is 0 Å². The molecule has 0 bridgehead atoms. The van der Waals surface area contributed by atoms with Crippen LogP contribution in [-0.4, -0.2) is 38.1 Å². The van der Waals surface area contributed by atoms with Gasteiger partial charge in [0, 0.05) is 13.7 Å². The molecule has 74 valence electrons. The van der Waals surface area contributed by atoms with Crippen LogP contribution >= 0.6 is 0 Å². The van der Waals surface area contributed by atoms with E-state index in [-0.39, 0.29) is 12.7 Å². The van der Waals surface area contributed by atoms with Crippen molar-refractivity contribution in [3.8, 4) is 0 Å². The molecule has 0 aromatic carbocycles. The molecule has 12 heavy (non-hydrogen) atoms. The summed E-state index contributed by atoms with van der Waals surface area (Å²) in [6.07, 6.45) is 3.35. The molecule has 0 unspecified atom stereocenters. The quantitative estimate of drug-likeness (QED) is 0.565. The average molecular weight is 176 g/mol. The Morgan fingerprint density at radius 2 is 2.08 bits per heavy atom. The van der Waals surface area contributed by atoms with Crippen molar-refractivity contribution in [1.82, 2.24) is 0 Å². The predicted molar refractivity (Wildman–Crippen MR) is 48.2 cm³/mol. The van der Waals surface area contributed by atoms with Gasteiger partial charge in [-0.3, -0.25) is 0 Å². The molecule has 0 fully saturated rings. The second kappa shape index (κ2) is 8.97. The molecule has 0 radical (unpaired) electrons. The highest BCUT2D eigenvalue weighted by atomic mass is 16.5. The first-order valence-electron chi connectivity index (χ1n) is 4.56. The Bertz CT molecular complexity index is 81.8. The maximum Gasteiger partial charge on any atom is 0.103 e. The number of rotatable bonds is 8. The smallest absolute Gasteiger partial charge is 0.103 e. The first kappa shape index (κ1) is 11.9. The summed E-state index contributed by atoms with van der Waals surface area (Å²) in [5.41, 5.74) is 0. The number of aliphatic hydroxyl groups is 1. The molecule has 3 heteroatoms. The van der Waals surface area contributed by atoms with E-state index in [1.54, 1.807) is 7.11 Å².